The molecule has 33 heavy (non-hydrogen) atoms. The van der Waals surface area contributed by atoms with E-state index in [1.165, 1.54) is 6.20 Å². The van der Waals surface area contributed by atoms with Crippen LogP contribution in [0.25, 0.3) is 22.0 Å². The van der Waals surface area contributed by atoms with E-state index in [-0.39, 0.29) is 17.3 Å². The van der Waals surface area contributed by atoms with Crippen LogP contribution in [0.2, 0.25) is 0 Å². The Labute approximate surface area is 189 Å². The fourth-order valence-corrected chi connectivity index (χ4v) is 5.59. The molecule has 1 amide bonds. The van der Waals surface area contributed by atoms with E-state index in [0.717, 1.165) is 16.8 Å². The van der Waals surface area contributed by atoms with Crippen LogP contribution in [-0.4, -0.2) is 60.2 Å². The van der Waals surface area contributed by atoms with Gasteiger partial charge in [-0.15, -0.1) is 0 Å². The van der Waals surface area contributed by atoms with Gasteiger partial charge in [0.05, 0.1) is 17.2 Å². The van der Waals surface area contributed by atoms with Gasteiger partial charge in [-0.1, -0.05) is 0 Å². The third kappa shape index (κ3) is 4.21. The van der Waals surface area contributed by atoms with Crippen LogP contribution < -0.4 is 21.1 Å². The molecular formula is C21H22N6O5S. The summed E-state index contributed by atoms with van der Waals surface area (Å²) in [5, 5.41) is 7.20. The number of amides is 1. The molecule has 4 N–H and O–H groups in total. The summed E-state index contributed by atoms with van der Waals surface area (Å²) in [5.74, 6) is 0.959. The zero-order chi connectivity index (χ0) is 23.2. The Kier molecular flexibility index (Phi) is 5.16. The second-order valence-electron chi connectivity index (χ2n) is 7.99. The van der Waals surface area contributed by atoms with Crippen LogP contribution in [0.4, 0.5) is 22.1 Å². The molecule has 172 valence electrons. The second-order valence-corrected chi connectivity index (χ2v) is 10.2. The Morgan fingerprint density at radius 2 is 2.15 bits per heavy atom. The normalized spacial score (nSPS) is 18.8. The van der Waals surface area contributed by atoms with Crippen LogP contribution in [0, 0.1) is 6.92 Å². The number of anilines is 3. The average Bonchev–Trinajstić information content (AvgIpc) is 3.11. The van der Waals surface area contributed by atoms with Crippen LogP contribution in [0.5, 0.6) is 5.88 Å². The number of nitrogens with two attached hydrogens (primary N) is 1. The fraction of sp³-hybridized carbons (Fsp3) is 0.333. The number of carbonyl (C=O) groups excluding carboxylic acids is 1. The smallest absolute Gasteiger partial charge is 0.413 e. The zero-order valence-corrected chi connectivity index (χ0v) is 18.6. The zero-order valence-electron chi connectivity index (χ0n) is 17.8. The molecule has 3 aromatic rings. The summed E-state index contributed by atoms with van der Waals surface area (Å²) in [5.41, 5.74) is 9.37. The monoisotopic (exact) mass is 470 g/mol. The van der Waals surface area contributed by atoms with Crippen LogP contribution in [0.3, 0.4) is 0 Å². The summed E-state index contributed by atoms with van der Waals surface area (Å²) >= 11 is 0. The van der Waals surface area contributed by atoms with Crippen LogP contribution in [0.15, 0.2) is 24.5 Å². The molecule has 0 aromatic carbocycles. The Morgan fingerprint density at radius 1 is 1.30 bits per heavy atom. The maximum absolute atomic E-state index is 12.2. The van der Waals surface area contributed by atoms with Crippen molar-refractivity contribution in [2.45, 2.75) is 19.4 Å². The number of hydrogen-bond donors (Lipinski definition) is 3. The summed E-state index contributed by atoms with van der Waals surface area (Å²) in [6.07, 6.45) is 2.10. The first kappa shape index (κ1) is 21.2. The molecule has 1 fully saturated rings. The van der Waals surface area contributed by atoms with Crippen molar-refractivity contribution in [3.8, 4) is 17.1 Å². The van der Waals surface area contributed by atoms with Crippen molar-refractivity contribution in [1.82, 2.24) is 15.0 Å². The van der Waals surface area contributed by atoms with Gasteiger partial charge in [0.25, 0.3) is 0 Å². The van der Waals surface area contributed by atoms with Gasteiger partial charge >= 0.3 is 6.09 Å². The first-order valence-corrected chi connectivity index (χ1v) is 12.2. The van der Waals surface area contributed by atoms with E-state index in [1.54, 1.807) is 12.3 Å². The third-order valence-electron chi connectivity index (χ3n) is 5.66. The minimum Gasteiger partial charge on any atom is -0.474 e. The molecule has 0 spiro atoms. The molecule has 0 radical (unpaired) electrons. The largest absolute Gasteiger partial charge is 0.474 e. The molecule has 0 bridgehead atoms. The van der Waals surface area contributed by atoms with Crippen LogP contribution in [-0.2, 0) is 14.6 Å². The van der Waals surface area contributed by atoms with Crippen LogP contribution in [0.1, 0.15) is 12.0 Å². The second kappa shape index (κ2) is 8.03. The van der Waals surface area contributed by atoms with Crippen molar-refractivity contribution in [3.05, 3.63) is 30.1 Å². The highest BCUT2D eigenvalue weighted by Gasteiger charge is 2.30. The Hall–Kier alpha value is -3.67. The van der Waals surface area contributed by atoms with Gasteiger partial charge in [0.2, 0.25) is 5.88 Å². The predicted octanol–water partition coefficient (Wildman–Crippen LogP) is 2.12. The lowest BCUT2D eigenvalue weighted by atomic mass is 10.0. The predicted molar refractivity (Wildman–Crippen MR) is 123 cm³/mol. The number of sulfone groups is 1. The number of aromatic nitrogens is 3. The molecule has 12 heteroatoms. The molecule has 2 aliphatic rings. The molecule has 1 unspecified atom stereocenters. The number of rotatable bonds is 3. The van der Waals surface area contributed by atoms with E-state index in [4.69, 9.17) is 15.2 Å². The first-order valence-electron chi connectivity index (χ1n) is 10.4. The number of pyridine rings is 3. The topological polar surface area (TPSA) is 158 Å². The fourth-order valence-electron chi connectivity index (χ4n) is 4.00. The summed E-state index contributed by atoms with van der Waals surface area (Å²) in [6, 6.07) is 3.50. The van der Waals surface area contributed by atoms with E-state index in [0.29, 0.717) is 47.7 Å². The van der Waals surface area contributed by atoms with Gasteiger partial charge in [-0.3, -0.25) is 5.32 Å². The lowest BCUT2D eigenvalue weighted by molar-refractivity contribution is 0.124. The SMILES string of the molecule is Cc1c(-c2cc3cc(NC(=O)OC4CCS(=O)(=O)C4)ncc3c(N)n2)cnc2c1NCCO2. The molecule has 5 rings (SSSR count). The van der Waals surface area contributed by atoms with Crippen molar-refractivity contribution >= 4 is 44.0 Å². The number of ether oxygens (including phenoxy) is 2. The van der Waals surface area contributed by atoms with Gasteiger partial charge in [-0.25, -0.2) is 28.2 Å². The van der Waals surface area contributed by atoms with Crippen molar-refractivity contribution in [2.75, 3.05) is 41.0 Å². The number of nitrogens with one attached hydrogen (secondary N) is 2. The highest BCUT2D eigenvalue weighted by Crippen LogP contribution is 2.36. The Balaban J connectivity index is 1.42. The minimum absolute atomic E-state index is 0.0207. The third-order valence-corrected chi connectivity index (χ3v) is 7.40. The number of nitrogens with zero attached hydrogens (tertiary/aromatic N) is 3. The summed E-state index contributed by atoms with van der Waals surface area (Å²) in [6.45, 7) is 3.20. The van der Waals surface area contributed by atoms with Gasteiger partial charge in [0.1, 0.15) is 30.0 Å². The number of carbonyl (C=O) groups is 1. The van der Waals surface area contributed by atoms with Gasteiger partial charge < -0.3 is 20.5 Å². The quantitative estimate of drug-likeness (QED) is 0.517. The Bertz CT molecular complexity index is 1380. The molecule has 1 atom stereocenters. The van der Waals surface area contributed by atoms with Crippen molar-refractivity contribution in [1.29, 1.82) is 0 Å². The highest BCUT2D eigenvalue weighted by molar-refractivity contribution is 7.91. The molecule has 1 saturated heterocycles. The van der Waals surface area contributed by atoms with E-state index in [2.05, 4.69) is 25.6 Å². The molecule has 5 heterocycles. The lowest BCUT2D eigenvalue weighted by Crippen LogP contribution is -2.23. The molecular weight excluding hydrogens is 448 g/mol. The van der Waals surface area contributed by atoms with E-state index >= 15 is 0 Å². The van der Waals surface area contributed by atoms with Crippen LogP contribution >= 0.6 is 0 Å². The number of fused-ring (bicyclic) bond motifs is 2. The molecule has 3 aromatic heterocycles. The standard InChI is InChI=1S/C21H22N6O5S/c1-11-14(8-25-20-18(11)23-3-4-31-20)16-6-12-7-17(24-9-15(12)19(22)26-16)27-21(28)32-13-2-5-33(29,30)10-13/h6-9,13,23H,2-5,10H2,1H3,(H2,22,26)(H,24,27,28). The van der Waals surface area contributed by atoms with Gasteiger partial charge in [-0.05, 0) is 36.4 Å². The molecule has 11 nitrogen and oxygen atoms in total. The van der Waals surface area contributed by atoms with Gasteiger partial charge in [-0.2, -0.15) is 0 Å². The maximum Gasteiger partial charge on any atom is 0.413 e. The molecule has 2 aliphatic heterocycles. The van der Waals surface area contributed by atoms with Crippen molar-refractivity contribution in [3.63, 3.8) is 0 Å². The average molecular weight is 471 g/mol. The summed E-state index contributed by atoms with van der Waals surface area (Å²) < 4.78 is 33.9. The summed E-state index contributed by atoms with van der Waals surface area (Å²) in [7, 11) is -3.15. The number of nitrogen functional groups attached to an aromatic ring is 1. The van der Waals surface area contributed by atoms with Gasteiger partial charge in [0, 0.05) is 29.9 Å². The van der Waals surface area contributed by atoms with Crippen molar-refractivity contribution in [2.24, 2.45) is 0 Å². The Morgan fingerprint density at radius 3 is 2.94 bits per heavy atom. The minimum atomic E-state index is -3.15. The molecule has 0 saturated carbocycles. The highest BCUT2D eigenvalue weighted by atomic mass is 32.2. The van der Waals surface area contributed by atoms with Crippen molar-refractivity contribution < 1.29 is 22.7 Å². The van der Waals surface area contributed by atoms with E-state index in [9.17, 15) is 13.2 Å². The van der Waals surface area contributed by atoms with E-state index in [1.807, 2.05) is 13.0 Å². The van der Waals surface area contributed by atoms with E-state index < -0.39 is 22.0 Å². The maximum atomic E-state index is 12.2. The molecule has 0 aliphatic carbocycles. The summed E-state index contributed by atoms with van der Waals surface area (Å²) in [4.78, 5) is 25.3. The lowest BCUT2D eigenvalue weighted by Gasteiger charge is -2.21. The van der Waals surface area contributed by atoms with Gasteiger partial charge in [0.15, 0.2) is 9.84 Å². The number of hydrogen-bond acceptors (Lipinski definition) is 10. The first-order chi connectivity index (χ1) is 15.8.